The molecule has 28 heavy (non-hydrogen) atoms. The maximum absolute atomic E-state index is 12.9. The molecule has 1 aromatic rings. The van der Waals surface area contributed by atoms with Crippen LogP contribution < -0.4 is 5.73 Å². The number of benzene rings is 1. The van der Waals surface area contributed by atoms with Crippen LogP contribution in [0.2, 0.25) is 10.0 Å². The molecule has 5 heteroatoms. The van der Waals surface area contributed by atoms with Gasteiger partial charge < -0.3 is 10.5 Å². The topological polar surface area (TPSA) is 52.3 Å². The van der Waals surface area contributed by atoms with Crippen LogP contribution in [-0.2, 0) is 9.53 Å². The van der Waals surface area contributed by atoms with Gasteiger partial charge in [-0.1, -0.05) is 62.9 Å². The number of hydrogen-bond acceptors (Lipinski definition) is 3. The number of carbonyl (C=O) groups is 1. The average molecular weight is 426 g/mol. The van der Waals surface area contributed by atoms with Gasteiger partial charge in [-0.2, -0.15) is 0 Å². The largest absolute Gasteiger partial charge is 0.398 e. The lowest BCUT2D eigenvalue weighted by Gasteiger charge is -2.21. The van der Waals surface area contributed by atoms with Crippen molar-refractivity contribution in [3.05, 3.63) is 39.4 Å². The molecule has 1 aliphatic carbocycles. The molecule has 0 aliphatic heterocycles. The van der Waals surface area contributed by atoms with Gasteiger partial charge in [0.25, 0.3) is 0 Å². The molecule has 0 amide bonds. The Bertz CT molecular complexity index is 678. The molecule has 2 unspecified atom stereocenters. The first-order valence-corrected chi connectivity index (χ1v) is 11.2. The van der Waals surface area contributed by atoms with Crippen LogP contribution in [0.3, 0.4) is 0 Å². The molecule has 156 valence electrons. The first-order valence-electron chi connectivity index (χ1n) is 10.5. The Morgan fingerprint density at radius 1 is 1.18 bits per heavy atom. The number of carbonyl (C=O) groups excluding carboxylic acids is 1. The Labute approximate surface area is 179 Å². The van der Waals surface area contributed by atoms with Crippen LogP contribution >= 0.6 is 23.2 Å². The number of Topliss-reactive ketones (excluding diaryl/α,β-unsaturated/α-hetero) is 1. The number of halogens is 2. The van der Waals surface area contributed by atoms with Gasteiger partial charge in [0.1, 0.15) is 0 Å². The van der Waals surface area contributed by atoms with Crippen molar-refractivity contribution in [2.75, 3.05) is 6.61 Å². The molecule has 0 radical (unpaired) electrons. The Morgan fingerprint density at radius 2 is 1.82 bits per heavy atom. The summed E-state index contributed by atoms with van der Waals surface area (Å²) in [6.45, 7) is 6.85. The second kappa shape index (κ2) is 11.2. The van der Waals surface area contributed by atoms with Crippen LogP contribution in [0.15, 0.2) is 23.8 Å². The highest BCUT2D eigenvalue weighted by atomic mass is 35.5. The molecular formula is C23H33Cl2NO2. The van der Waals surface area contributed by atoms with E-state index in [0.717, 1.165) is 38.5 Å². The van der Waals surface area contributed by atoms with E-state index in [1.54, 1.807) is 18.2 Å². The lowest BCUT2D eigenvalue weighted by molar-refractivity contribution is -0.117. The van der Waals surface area contributed by atoms with E-state index >= 15 is 0 Å². The fourth-order valence-corrected chi connectivity index (χ4v) is 3.89. The Hall–Kier alpha value is -1.03. The van der Waals surface area contributed by atoms with Gasteiger partial charge in [0.2, 0.25) is 0 Å². The van der Waals surface area contributed by atoms with E-state index in [1.807, 2.05) is 0 Å². The summed E-state index contributed by atoms with van der Waals surface area (Å²) in [5.41, 5.74) is 7.82. The van der Waals surface area contributed by atoms with E-state index in [1.165, 1.54) is 6.42 Å². The minimum Gasteiger partial charge on any atom is -0.398 e. The summed E-state index contributed by atoms with van der Waals surface area (Å²) in [7, 11) is 0. The predicted octanol–water partition coefficient (Wildman–Crippen LogP) is 6.65. The average Bonchev–Trinajstić information content (AvgIpc) is 3.50. The molecule has 0 bridgehead atoms. The van der Waals surface area contributed by atoms with E-state index < -0.39 is 0 Å². The van der Waals surface area contributed by atoms with Crippen LogP contribution in [0.25, 0.3) is 5.70 Å². The van der Waals surface area contributed by atoms with Crippen LogP contribution in [0.5, 0.6) is 0 Å². The molecule has 1 aromatic carbocycles. The Morgan fingerprint density at radius 3 is 2.36 bits per heavy atom. The molecule has 1 saturated carbocycles. The van der Waals surface area contributed by atoms with Gasteiger partial charge in [-0.15, -0.1) is 0 Å². The normalized spacial score (nSPS) is 17.2. The molecular weight excluding hydrogens is 393 g/mol. The minimum absolute atomic E-state index is 0.0585. The fraction of sp³-hybridized carbons (Fsp3) is 0.609. The molecule has 0 spiro atoms. The smallest absolute Gasteiger partial charge is 0.166 e. The van der Waals surface area contributed by atoms with Gasteiger partial charge in [-0.05, 0) is 50.2 Å². The summed E-state index contributed by atoms with van der Waals surface area (Å²) >= 11 is 12.7. The van der Waals surface area contributed by atoms with E-state index in [9.17, 15) is 4.79 Å². The monoisotopic (exact) mass is 425 g/mol. The first-order chi connectivity index (χ1) is 13.4. The zero-order valence-electron chi connectivity index (χ0n) is 17.3. The molecule has 1 fully saturated rings. The maximum atomic E-state index is 12.9. The third kappa shape index (κ3) is 6.50. The molecule has 2 N–H and O–H groups in total. The molecule has 2 rings (SSSR count). The van der Waals surface area contributed by atoms with Crippen LogP contribution in [0.4, 0.5) is 0 Å². The lowest BCUT2D eigenvalue weighted by atomic mass is 9.98. The van der Waals surface area contributed by atoms with Gasteiger partial charge in [-0.3, -0.25) is 4.79 Å². The second-order valence-corrected chi connectivity index (χ2v) is 8.75. The first kappa shape index (κ1) is 23.3. The second-order valence-electron chi connectivity index (χ2n) is 7.94. The SMILES string of the molecule is CCCC(CCC(C)CC)OC/C(C(=O)C1CC1)=C(/N)c1c(Cl)cccc1Cl. The van der Waals surface area contributed by atoms with Gasteiger partial charge >= 0.3 is 0 Å². The highest BCUT2D eigenvalue weighted by molar-refractivity contribution is 6.37. The zero-order chi connectivity index (χ0) is 20.7. The van der Waals surface area contributed by atoms with Crippen molar-refractivity contribution in [2.45, 2.75) is 71.8 Å². The van der Waals surface area contributed by atoms with Gasteiger partial charge in [0.15, 0.2) is 5.78 Å². The van der Waals surface area contributed by atoms with Crippen molar-refractivity contribution in [1.29, 1.82) is 0 Å². The summed E-state index contributed by atoms with van der Waals surface area (Å²) in [5.74, 6) is 0.812. The third-order valence-corrected chi connectivity index (χ3v) is 6.19. The summed E-state index contributed by atoms with van der Waals surface area (Å²) in [5, 5.41) is 0.904. The van der Waals surface area contributed by atoms with Crippen LogP contribution in [0.1, 0.15) is 71.3 Å². The minimum atomic E-state index is 0.0585. The van der Waals surface area contributed by atoms with Crippen molar-refractivity contribution >= 4 is 34.7 Å². The summed E-state index contributed by atoms with van der Waals surface area (Å²) < 4.78 is 6.22. The third-order valence-electron chi connectivity index (χ3n) is 5.56. The molecule has 2 atom stereocenters. The van der Waals surface area contributed by atoms with Crippen LogP contribution in [0, 0.1) is 11.8 Å². The van der Waals surface area contributed by atoms with Gasteiger partial charge in [0.05, 0.1) is 28.5 Å². The van der Waals surface area contributed by atoms with Crippen molar-refractivity contribution in [1.82, 2.24) is 0 Å². The Balaban J connectivity index is 2.22. The summed E-state index contributed by atoms with van der Waals surface area (Å²) in [6.07, 6.45) is 7.29. The van der Waals surface area contributed by atoms with Gasteiger partial charge in [-0.25, -0.2) is 0 Å². The maximum Gasteiger partial charge on any atom is 0.166 e. The number of hydrogen-bond donors (Lipinski definition) is 1. The van der Waals surface area contributed by atoms with Crippen LogP contribution in [-0.4, -0.2) is 18.5 Å². The number of rotatable bonds is 12. The van der Waals surface area contributed by atoms with E-state index in [4.69, 9.17) is 33.7 Å². The highest BCUT2D eigenvalue weighted by Gasteiger charge is 2.34. The fourth-order valence-electron chi connectivity index (χ4n) is 3.29. The highest BCUT2D eigenvalue weighted by Crippen LogP contribution is 2.36. The standard InChI is InChI=1S/C23H33Cl2NO2/c1-4-7-17(13-10-15(3)5-2)28-14-18(23(27)16-11-12-16)22(26)21-19(24)8-6-9-20(21)25/h6,8-9,15-17H,4-5,7,10-14,26H2,1-3H3/b22-18-. The number of ketones is 1. The Kier molecular flexibility index (Phi) is 9.33. The van der Waals surface area contributed by atoms with E-state index in [2.05, 4.69) is 20.8 Å². The predicted molar refractivity (Wildman–Crippen MR) is 119 cm³/mol. The molecule has 0 aromatic heterocycles. The van der Waals surface area contributed by atoms with Crippen molar-refractivity contribution in [3.63, 3.8) is 0 Å². The van der Waals surface area contributed by atoms with E-state index in [-0.39, 0.29) is 24.4 Å². The molecule has 0 heterocycles. The van der Waals surface area contributed by atoms with Crippen molar-refractivity contribution in [3.8, 4) is 0 Å². The number of ether oxygens (including phenoxy) is 1. The zero-order valence-corrected chi connectivity index (χ0v) is 18.8. The summed E-state index contributed by atoms with van der Waals surface area (Å²) in [4.78, 5) is 12.9. The van der Waals surface area contributed by atoms with Crippen molar-refractivity contribution in [2.24, 2.45) is 17.6 Å². The quantitative estimate of drug-likeness (QED) is 0.381. The van der Waals surface area contributed by atoms with E-state index in [0.29, 0.717) is 32.8 Å². The summed E-state index contributed by atoms with van der Waals surface area (Å²) in [6, 6.07) is 5.25. The number of nitrogens with two attached hydrogens (primary N) is 1. The molecule has 1 aliphatic rings. The molecule has 3 nitrogen and oxygen atoms in total. The van der Waals surface area contributed by atoms with Crippen molar-refractivity contribution < 1.29 is 9.53 Å². The molecule has 0 saturated heterocycles. The lowest BCUT2D eigenvalue weighted by Crippen LogP contribution is -2.22. The van der Waals surface area contributed by atoms with Gasteiger partial charge in [0, 0.05) is 17.1 Å².